The number of para-hydroxylation sites is 2. The van der Waals surface area contributed by atoms with Crippen molar-refractivity contribution < 1.29 is 13.6 Å². The van der Waals surface area contributed by atoms with Gasteiger partial charge in [0, 0.05) is 6.07 Å². The third kappa shape index (κ3) is 2.23. The van der Waals surface area contributed by atoms with Crippen molar-refractivity contribution in [3.05, 3.63) is 59.9 Å². The molecule has 0 saturated heterocycles. The maximum atomic E-state index is 13.4. The van der Waals surface area contributed by atoms with Crippen LogP contribution in [0.5, 0.6) is 0 Å². The summed E-state index contributed by atoms with van der Waals surface area (Å²) >= 11 is 0. The maximum Gasteiger partial charge on any atom is 0.291 e. The normalized spacial score (nSPS) is 10.7. The monoisotopic (exact) mass is 273 g/mol. The fraction of sp³-hybridized carbons (Fsp3) is 0. The van der Waals surface area contributed by atoms with Crippen molar-refractivity contribution in [1.29, 1.82) is 0 Å². The molecule has 100 valence electrons. The summed E-state index contributed by atoms with van der Waals surface area (Å²) in [5.74, 6) is -2.07. The highest BCUT2D eigenvalue weighted by molar-refractivity contribution is 6.03. The van der Waals surface area contributed by atoms with Crippen LogP contribution in [0, 0.1) is 11.6 Å². The van der Waals surface area contributed by atoms with E-state index in [2.05, 4.69) is 15.3 Å². The smallest absolute Gasteiger partial charge is 0.291 e. The molecule has 20 heavy (non-hydrogen) atoms. The second kappa shape index (κ2) is 4.73. The molecular weight excluding hydrogens is 264 g/mol. The summed E-state index contributed by atoms with van der Waals surface area (Å²) < 4.78 is 26.2. The van der Waals surface area contributed by atoms with Gasteiger partial charge in [-0.15, -0.1) is 0 Å². The van der Waals surface area contributed by atoms with Crippen molar-refractivity contribution in [2.24, 2.45) is 0 Å². The first kappa shape index (κ1) is 12.3. The zero-order chi connectivity index (χ0) is 14.1. The quantitative estimate of drug-likeness (QED) is 0.753. The van der Waals surface area contributed by atoms with Gasteiger partial charge in [0.05, 0.1) is 16.7 Å². The van der Waals surface area contributed by atoms with Gasteiger partial charge in [0.15, 0.2) is 5.82 Å². The van der Waals surface area contributed by atoms with Gasteiger partial charge in [0.25, 0.3) is 5.91 Å². The fourth-order valence-electron chi connectivity index (χ4n) is 1.83. The molecule has 0 radical (unpaired) electrons. The number of hydrogen-bond acceptors (Lipinski definition) is 2. The van der Waals surface area contributed by atoms with Gasteiger partial charge in [-0.25, -0.2) is 13.8 Å². The summed E-state index contributed by atoms with van der Waals surface area (Å²) in [5, 5.41) is 2.34. The summed E-state index contributed by atoms with van der Waals surface area (Å²) in [4.78, 5) is 18.9. The Morgan fingerprint density at radius 1 is 1.15 bits per heavy atom. The van der Waals surface area contributed by atoms with Crippen molar-refractivity contribution in [2.75, 3.05) is 5.32 Å². The number of nitrogens with zero attached hydrogens (tertiary/aromatic N) is 1. The Morgan fingerprint density at radius 2 is 1.95 bits per heavy atom. The lowest BCUT2D eigenvalue weighted by atomic mass is 10.3. The average Bonchev–Trinajstić information content (AvgIpc) is 2.86. The van der Waals surface area contributed by atoms with Gasteiger partial charge >= 0.3 is 0 Å². The molecule has 1 heterocycles. The lowest BCUT2D eigenvalue weighted by Crippen LogP contribution is -2.14. The van der Waals surface area contributed by atoms with Gasteiger partial charge in [-0.3, -0.25) is 4.79 Å². The number of hydrogen-bond donors (Lipinski definition) is 2. The van der Waals surface area contributed by atoms with Gasteiger partial charge < -0.3 is 10.3 Å². The Labute approximate surface area is 112 Å². The molecule has 2 N–H and O–H groups in total. The van der Waals surface area contributed by atoms with E-state index in [-0.39, 0.29) is 11.5 Å². The lowest BCUT2D eigenvalue weighted by Gasteiger charge is -2.04. The van der Waals surface area contributed by atoms with Crippen LogP contribution in [-0.2, 0) is 0 Å². The number of fused-ring (bicyclic) bond motifs is 1. The molecule has 2 aromatic carbocycles. The van der Waals surface area contributed by atoms with E-state index in [1.165, 1.54) is 0 Å². The predicted molar refractivity (Wildman–Crippen MR) is 70.4 cm³/mol. The Hall–Kier alpha value is -2.76. The Balaban J connectivity index is 1.89. The van der Waals surface area contributed by atoms with Crippen molar-refractivity contribution in [3.8, 4) is 0 Å². The number of H-pyrrole nitrogens is 1. The highest BCUT2D eigenvalue weighted by Gasteiger charge is 2.13. The van der Waals surface area contributed by atoms with Crippen molar-refractivity contribution in [3.63, 3.8) is 0 Å². The second-order valence-corrected chi connectivity index (χ2v) is 4.18. The minimum absolute atomic E-state index is 0.0647. The van der Waals surface area contributed by atoms with Gasteiger partial charge in [0.1, 0.15) is 11.6 Å². The molecule has 0 aliphatic carbocycles. The lowest BCUT2D eigenvalue weighted by molar-refractivity contribution is 0.101. The van der Waals surface area contributed by atoms with Crippen LogP contribution in [-0.4, -0.2) is 15.9 Å². The zero-order valence-electron chi connectivity index (χ0n) is 10.2. The number of rotatable bonds is 2. The third-order valence-corrected chi connectivity index (χ3v) is 2.78. The van der Waals surface area contributed by atoms with Crippen LogP contribution in [0.3, 0.4) is 0 Å². The van der Waals surface area contributed by atoms with E-state index in [4.69, 9.17) is 0 Å². The van der Waals surface area contributed by atoms with Crippen molar-refractivity contribution in [2.45, 2.75) is 0 Å². The Kier molecular flexibility index (Phi) is 2.90. The molecule has 1 aromatic heterocycles. The summed E-state index contributed by atoms with van der Waals surface area (Å²) in [6, 6.07) is 10.1. The number of aromatic nitrogens is 2. The van der Waals surface area contributed by atoms with Crippen LogP contribution >= 0.6 is 0 Å². The Bertz CT molecular complexity index is 765. The molecule has 3 rings (SSSR count). The first-order chi connectivity index (χ1) is 9.63. The molecule has 0 fully saturated rings. The molecule has 0 atom stereocenters. The van der Waals surface area contributed by atoms with Gasteiger partial charge in [-0.2, -0.15) is 0 Å². The molecule has 4 nitrogen and oxygen atoms in total. The predicted octanol–water partition coefficient (Wildman–Crippen LogP) is 3.09. The number of carbonyl (C=O) groups excluding carboxylic acids is 1. The molecular formula is C14H9F2N3O. The van der Waals surface area contributed by atoms with Crippen molar-refractivity contribution >= 4 is 22.6 Å². The van der Waals surface area contributed by atoms with Crippen LogP contribution in [0.25, 0.3) is 11.0 Å². The standard InChI is InChI=1S/C14H9F2N3O/c15-8-5-6-10(9(16)7-8)19-14(20)13-17-11-3-1-2-4-12(11)18-13/h1-7H,(H,17,18)(H,19,20). The number of imidazole rings is 1. The number of halogens is 2. The number of aromatic amines is 1. The van der Waals surface area contributed by atoms with Gasteiger partial charge in [0.2, 0.25) is 0 Å². The molecule has 0 aliphatic heterocycles. The number of amides is 1. The zero-order valence-corrected chi connectivity index (χ0v) is 10.2. The number of anilines is 1. The van der Waals surface area contributed by atoms with E-state index in [1.54, 1.807) is 18.2 Å². The maximum absolute atomic E-state index is 13.4. The molecule has 1 amide bonds. The Morgan fingerprint density at radius 3 is 2.70 bits per heavy atom. The van der Waals surface area contributed by atoms with Crippen LogP contribution in [0.4, 0.5) is 14.5 Å². The highest BCUT2D eigenvalue weighted by atomic mass is 19.1. The summed E-state index contributed by atoms with van der Waals surface area (Å²) in [5.41, 5.74) is 1.24. The minimum atomic E-state index is -0.838. The van der Waals surface area contributed by atoms with E-state index in [9.17, 15) is 13.6 Å². The number of carbonyl (C=O) groups is 1. The van der Waals surface area contributed by atoms with Gasteiger partial charge in [-0.1, -0.05) is 12.1 Å². The molecule has 0 saturated carbocycles. The molecule has 0 bridgehead atoms. The van der Waals surface area contributed by atoms with Crippen molar-refractivity contribution in [1.82, 2.24) is 9.97 Å². The summed E-state index contributed by atoms with van der Waals surface area (Å²) in [6.07, 6.45) is 0. The SMILES string of the molecule is O=C(Nc1ccc(F)cc1F)c1nc2ccccc2[nH]1. The van der Waals surface area contributed by atoms with E-state index >= 15 is 0 Å². The average molecular weight is 273 g/mol. The number of benzene rings is 2. The molecule has 6 heteroatoms. The third-order valence-electron chi connectivity index (χ3n) is 2.78. The van der Waals surface area contributed by atoms with Crippen LogP contribution < -0.4 is 5.32 Å². The second-order valence-electron chi connectivity index (χ2n) is 4.18. The fourth-order valence-corrected chi connectivity index (χ4v) is 1.83. The molecule has 3 aromatic rings. The largest absolute Gasteiger partial charge is 0.334 e. The van der Waals surface area contributed by atoms with E-state index in [1.807, 2.05) is 6.07 Å². The molecule has 0 unspecified atom stereocenters. The minimum Gasteiger partial charge on any atom is -0.334 e. The molecule has 0 spiro atoms. The number of nitrogens with one attached hydrogen (secondary N) is 2. The highest BCUT2D eigenvalue weighted by Crippen LogP contribution is 2.16. The summed E-state index contributed by atoms with van der Waals surface area (Å²) in [7, 11) is 0. The molecule has 0 aliphatic rings. The first-order valence-corrected chi connectivity index (χ1v) is 5.84. The van der Waals surface area contributed by atoms with Crippen LogP contribution in [0.15, 0.2) is 42.5 Å². The topological polar surface area (TPSA) is 57.8 Å². The van der Waals surface area contributed by atoms with E-state index in [0.29, 0.717) is 17.1 Å². The van der Waals surface area contributed by atoms with Gasteiger partial charge in [-0.05, 0) is 24.3 Å². The van der Waals surface area contributed by atoms with E-state index < -0.39 is 17.5 Å². The first-order valence-electron chi connectivity index (χ1n) is 5.84. The van der Waals surface area contributed by atoms with Crippen LogP contribution in [0.1, 0.15) is 10.6 Å². The van der Waals surface area contributed by atoms with Crippen LogP contribution in [0.2, 0.25) is 0 Å². The summed E-state index contributed by atoms with van der Waals surface area (Å²) in [6.45, 7) is 0. The van der Waals surface area contributed by atoms with E-state index in [0.717, 1.165) is 12.1 Å².